The first kappa shape index (κ1) is 19.0. The molecule has 1 saturated heterocycles. The van der Waals surface area contributed by atoms with Crippen LogP contribution in [0, 0.1) is 5.92 Å². The molecule has 2 rings (SSSR count). The van der Waals surface area contributed by atoms with Crippen molar-refractivity contribution in [2.75, 3.05) is 32.8 Å². The highest BCUT2D eigenvalue weighted by molar-refractivity contribution is 5.96. The lowest BCUT2D eigenvalue weighted by molar-refractivity contribution is -0.123. The van der Waals surface area contributed by atoms with Crippen molar-refractivity contribution in [1.82, 2.24) is 10.2 Å². The molecule has 0 aromatic heterocycles. The van der Waals surface area contributed by atoms with Gasteiger partial charge < -0.3 is 20.7 Å². The first-order valence-electron chi connectivity index (χ1n) is 8.63. The van der Waals surface area contributed by atoms with Crippen molar-refractivity contribution in [3.63, 3.8) is 0 Å². The second-order valence-corrected chi connectivity index (χ2v) is 6.54. The summed E-state index contributed by atoms with van der Waals surface area (Å²) in [6.07, 6.45) is 1.81. The number of nitrogens with two attached hydrogens (primary N) is 1. The zero-order valence-electron chi connectivity index (χ0n) is 14.8. The highest BCUT2D eigenvalue weighted by Crippen LogP contribution is 2.18. The molecule has 1 atom stereocenters. The normalized spacial score (nSPS) is 17.7. The van der Waals surface area contributed by atoms with Gasteiger partial charge in [-0.25, -0.2) is 0 Å². The highest BCUT2D eigenvalue weighted by Gasteiger charge is 2.23. The van der Waals surface area contributed by atoms with E-state index in [1.165, 1.54) is 0 Å². The Morgan fingerprint density at radius 3 is 2.88 bits per heavy atom. The van der Waals surface area contributed by atoms with E-state index in [0.717, 1.165) is 25.0 Å². The maximum atomic E-state index is 12.4. The van der Waals surface area contributed by atoms with Crippen molar-refractivity contribution in [1.29, 1.82) is 0 Å². The Kier molecular flexibility index (Phi) is 7.01. The number of nitrogens with zero attached hydrogens (tertiary/aromatic N) is 1. The van der Waals surface area contributed by atoms with Crippen molar-refractivity contribution >= 4 is 11.8 Å². The van der Waals surface area contributed by atoms with Gasteiger partial charge >= 0.3 is 0 Å². The Labute approximate surface area is 149 Å². The van der Waals surface area contributed by atoms with Gasteiger partial charge in [-0.15, -0.1) is 0 Å². The summed E-state index contributed by atoms with van der Waals surface area (Å²) in [6.45, 7) is 8.87. The molecule has 0 spiro atoms. The van der Waals surface area contributed by atoms with E-state index in [-0.39, 0.29) is 17.7 Å². The topological polar surface area (TPSA) is 84.7 Å². The molecule has 6 nitrogen and oxygen atoms in total. The van der Waals surface area contributed by atoms with Gasteiger partial charge in [-0.2, -0.15) is 0 Å². The molecule has 0 aliphatic carbocycles. The molecule has 0 radical (unpaired) electrons. The van der Waals surface area contributed by atoms with Gasteiger partial charge in [0.25, 0.3) is 5.91 Å². The molecule has 0 bridgehead atoms. The van der Waals surface area contributed by atoms with E-state index in [1.54, 1.807) is 12.1 Å². The van der Waals surface area contributed by atoms with Crippen LogP contribution in [0.15, 0.2) is 36.4 Å². The van der Waals surface area contributed by atoms with Gasteiger partial charge in [0.15, 0.2) is 0 Å². The lowest BCUT2D eigenvalue weighted by Gasteiger charge is -2.31. The maximum Gasteiger partial charge on any atom is 0.255 e. The molecule has 1 aliphatic rings. The van der Waals surface area contributed by atoms with Gasteiger partial charge in [0, 0.05) is 19.6 Å². The predicted octanol–water partition coefficient (Wildman–Crippen LogP) is 1.57. The fourth-order valence-corrected chi connectivity index (χ4v) is 2.89. The van der Waals surface area contributed by atoms with Crippen LogP contribution in [0.25, 0.3) is 0 Å². The molecule has 2 amide bonds. The molecule has 1 aliphatic heterocycles. The number of piperidine rings is 1. The Hall–Kier alpha value is -2.34. The summed E-state index contributed by atoms with van der Waals surface area (Å²) in [7, 11) is 0. The number of para-hydroxylation sites is 1. The molecule has 0 saturated carbocycles. The maximum absolute atomic E-state index is 12.4. The molecule has 1 fully saturated rings. The summed E-state index contributed by atoms with van der Waals surface area (Å²) in [4.78, 5) is 25.9. The fourth-order valence-electron chi connectivity index (χ4n) is 2.89. The van der Waals surface area contributed by atoms with Crippen LogP contribution in [0.5, 0.6) is 5.75 Å². The third-order valence-electron chi connectivity index (χ3n) is 4.23. The van der Waals surface area contributed by atoms with E-state index < -0.39 is 0 Å². The largest absolute Gasteiger partial charge is 0.488 e. The van der Waals surface area contributed by atoms with Crippen molar-refractivity contribution in [3.8, 4) is 5.75 Å². The first-order chi connectivity index (χ1) is 12.0. The number of carbonyl (C=O) groups is 2. The number of amides is 2. The standard InChI is InChI=1S/C19H27N3O3/c1-14(2)13-25-17-8-4-3-7-16(17)19(24)21-9-11-22-10-5-6-15(12-22)18(20)23/h3-4,7-8,15H,1,5-6,9-13H2,2H3,(H2,20,23)(H,21,24)/t15-/m1/s1. The summed E-state index contributed by atoms with van der Waals surface area (Å²) in [6, 6.07) is 7.17. The average molecular weight is 345 g/mol. The van der Waals surface area contributed by atoms with Crippen molar-refractivity contribution in [2.24, 2.45) is 11.7 Å². The Balaban J connectivity index is 1.84. The lowest BCUT2D eigenvalue weighted by Crippen LogP contribution is -2.44. The number of ether oxygens (including phenoxy) is 1. The minimum atomic E-state index is -0.239. The molecule has 6 heteroatoms. The van der Waals surface area contributed by atoms with Gasteiger partial charge in [0.1, 0.15) is 12.4 Å². The van der Waals surface area contributed by atoms with Crippen molar-refractivity contribution in [2.45, 2.75) is 19.8 Å². The van der Waals surface area contributed by atoms with E-state index in [2.05, 4.69) is 16.8 Å². The minimum Gasteiger partial charge on any atom is -0.488 e. The molecular weight excluding hydrogens is 318 g/mol. The second-order valence-electron chi connectivity index (χ2n) is 6.54. The van der Waals surface area contributed by atoms with E-state index in [0.29, 0.717) is 37.6 Å². The molecular formula is C19H27N3O3. The zero-order chi connectivity index (χ0) is 18.2. The van der Waals surface area contributed by atoms with Crippen LogP contribution < -0.4 is 15.8 Å². The van der Waals surface area contributed by atoms with Crippen LogP contribution in [-0.4, -0.2) is 49.5 Å². The highest BCUT2D eigenvalue weighted by atomic mass is 16.5. The number of likely N-dealkylation sites (tertiary alicyclic amines) is 1. The Morgan fingerprint density at radius 1 is 1.40 bits per heavy atom. The second kappa shape index (κ2) is 9.22. The SMILES string of the molecule is C=C(C)COc1ccccc1C(=O)NCCN1CCC[C@@H](C(N)=O)C1. The zero-order valence-corrected chi connectivity index (χ0v) is 14.8. The van der Waals surface area contributed by atoms with E-state index >= 15 is 0 Å². The molecule has 1 aromatic rings. The lowest BCUT2D eigenvalue weighted by atomic mass is 9.97. The first-order valence-corrected chi connectivity index (χ1v) is 8.63. The van der Waals surface area contributed by atoms with Crippen LogP contribution in [0.4, 0.5) is 0 Å². The van der Waals surface area contributed by atoms with E-state index in [4.69, 9.17) is 10.5 Å². The molecule has 3 N–H and O–H groups in total. The van der Waals surface area contributed by atoms with E-state index in [9.17, 15) is 9.59 Å². The van der Waals surface area contributed by atoms with Crippen LogP contribution in [-0.2, 0) is 4.79 Å². The van der Waals surface area contributed by atoms with Crippen molar-refractivity contribution in [3.05, 3.63) is 42.0 Å². The number of carbonyl (C=O) groups excluding carboxylic acids is 2. The summed E-state index contributed by atoms with van der Waals surface area (Å²) < 4.78 is 5.63. The number of primary amides is 1. The third kappa shape index (κ3) is 5.90. The number of rotatable bonds is 8. The van der Waals surface area contributed by atoms with Gasteiger partial charge in [0.2, 0.25) is 5.91 Å². The van der Waals surface area contributed by atoms with Gasteiger partial charge in [-0.1, -0.05) is 18.7 Å². The summed E-state index contributed by atoms with van der Waals surface area (Å²) >= 11 is 0. The number of nitrogens with one attached hydrogen (secondary N) is 1. The van der Waals surface area contributed by atoms with Crippen molar-refractivity contribution < 1.29 is 14.3 Å². The predicted molar refractivity (Wildman–Crippen MR) is 97.4 cm³/mol. The molecule has 136 valence electrons. The summed E-state index contributed by atoms with van der Waals surface area (Å²) in [5, 5.41) is 2.92. The van der Waals surface area contributed by atoms with Gasteiger partial charge in [0.05, 0.1) is 11.5 Å². The Morgan fingerprint density at radius 2 is 2.16 bits per heavy atom. The molecule has 1 aromatic carbocycles. The summed E-state index contributed by atoms with van der Waals surface area (Å²) in [5.41, 5.74) is 6.80. The monoisotopic (exact) mass is 345 g/mol. The van der Waals surface area contributed by atoms with Crippen LogP contribution in [0.3, 0.4) is 0 Å². The van der Waals surface area contributed by atoms with Gasteiger partial charge in [-0.3, -0.25) is 9.59 Å². The summed E-state index contributed by atoms with van der Waals surface area (Å²) in [5.74, 6) is 0.0635. The molecule has 0 unspecified atom stereocenters. The van der Waals surface area contributed by atoms with Gasteiger partial charge in [-0.05, 0) is 44.0 Å². The average Bonchev–Trinajstić information content (AvgIpc) is 2.60. The fraction of sp³-hybridized carbons (Fsp3) is 0.474. The van der Waals surface area contributed by atoms with Crippen LogP contribution in [0.2, 0.25) is 0 Å². The number of hydrogen-bond donors (Lipinski definition) is 2. The third-order valence-corrected chi connectivity index (χ3v) is 4.23. The molecule has 1 heterocycles. The van der Waals surface area contributed by atoms with E-state index in [1.807, 2.05) is 19.1 Å². The number of benzene rings is 1. The van der Waals surface area contributed by atoms with Crippen LogP contribution >= 0.6 is 0 Å². The quantitative estimate of drug-likeness (QED) is 0.701. The molecule has 25 heavy (non-hydrogen) atoms. The number of hydrogen-bond acceptors (Lipinski definition) is 4. The smallest absolute Gasteiger partial charge is 0.255 e. The van der Waals surface area contributed by atoms with Crippen LogP contribution in [0.1, 0.15) is 30.1 Å². The minimum absolute atomic E-state index is 0.0827. The Bertz CT molecular complexity index is 630.